The molecule has 5 aromatic carbocycles. The lowest BCUT2D eigenvalue weighted by Crippen LogP contribution is -3.00. The Morgan fingerprint density at radius 3 is 1.67 bits per heavy atom. The van der Waals surface area contributed by atoms with E-state index in [1.807, 2.05) is 96.4 Å². The van der Waals surface area contributed by atoms with Crippen molar-refractivity contribution in [1.82, 2.24) is 10.2 Å². The Hall–Kier alpha value is -4.54. The van der Waals surface area contributed by atoms with Crippen LogP contribution in [0.5, 0.6) is 0 Å². The first-order chi connectivity index (χ1) is 26.5. The Kier molecular flexibility index (Phi) is 12.3. The molecule has 3 heterocycles. The lowest BCUT2D eigenvalue weighted by atomic mass is 10.0. The minimum absolute atomic E-state index is 0. The van der Waals surface area contributed by atoms with Gasteiger partial charge in [-0.1, -0.05) is 121 Å². The quantitative estimate of drug-likeness (QED) is 0.0861. The summed E-state index contributed by atoms with van der Waals surface area (Å²) in [6.45, 7) is 0. The lowest BCUT2D eigenvalue weighted by Gasteiger charge is -2.50. The molecule has 276 valence electrons. The summed E-state index contributed by atoms with van der Waals surface area (Å²) in [6.07, 6.45) is 0.0229. The number of nitrogens with one attached hydrogen (secondary N) is 1. The molecule has 0 bridgehead atoms. The summed E-state index contributed by atoms with van der Waals surface area (Å²) < 4.78 is 6.54. The number of thiophene rings is 1. The maximum Gasteiger partial charge on any atom is 0.356 e. The largest absolute Gasteiger partial charge is 1.00 e. The molecule has 2 aliphatic rings. The molecule has 2 amide bonds. The Labute approximate surface area is 347 Å². The topological polar surface area (TPSA) is 75.7 Å². The fourth-order valence-electron chi connectivity index (χ4n) is 7.39. The highest BCUT2D eigenvalue weighted by atomic mass is 127. The Morgan fingerprint density at radius 2 is 1.20 bits per heavy atom. The molecular formula is C45H38IN2O4PS2. The van der Waals surface area contributed by atoms with Gasteiger partial charge in [0.2, 0.25) is 5.91 Å². The van der Waals surface area contributed by atoms with Crippen molar-refractivity contribution in [2.45, 2.75) is 23.9 Å². The van der Waals surface area contributed by atoms with E-state index in [-0.39, 0.29) is 47.9 Å². The Morgan fingerprint density at radius 1 is 0.709 bits per heavy atom. The molecule has 0 unspecified atom stereocenters. The average molecular weight is 893 g/mol. The van der Waals surface area contributed by atoms with Gasteiger partial charge in [-0.05, 0) is 59.0 Å². The maximum absolute atomic E-state index is 15.0. The summed E-state index contributed by atoms with van der Waals surface area (Å²) in [5.41, 5.74) is 2.78. The molecule has 8 rings (SSSR count). The predicted octanol–water partition coefficient (Wildman–Crippen LogP) is 4.28. The number of nitrogens with zero attached hydrogens (tertiary/aromatic N) is 1. The van der Waals surface area contributed by atoms with E-state index >= 15 is 0 Å². The number of carbonyl (C=O) groups excluding carboxylic acids is 3. The van der Waals surface area contributed by atoms with Crippen molar-refractivity contribution in [1.29, 1.82) is 0 Å². The van der Waals surface area contributed by atoms with Crippen LogP contribution in [0.3, 0.4) is 0 Å². The summed E-state index contributed by atoms with van der Waals surface area (Å²) >= 11 is 3.09. The van der Waals surface area contributed by atoms with E-state index in [0.717, 1.165) is 21.6 Å². The molecule has 1 N–H and O–H groups in total. The number of carbonyl (C=O) groups is 3. The van der Waals surface area contributed by atoms with E-state index in [1.165, 1.54) is 27.3 Å². The van der Waals surface area contributed by atoms with Crippen LogP contribution in [0.15, 0.2) is 180 Å². The number of β-lactam (4-membered cyclic amide) rings is 1. The number of benzene rings is 5. The minimum atomic E-state index is -2.45. The highest BCUT2D eigenvalue weighted by Gasteiger charge is 2.57. The van der Waals surface area contributed by atoms with Gasteiger partial charge in [0.25, 0.3) is 5.91 Å². The first-order valence-corrected chi connectivity index (χ1v) is 21.8. The van der Waals surface area contributed by atoms with Crippen molar-refractivity contribution in [3.8, 4) is 0 Å². The van der Waals surface area contributed by atoms with E-state index in [0.29, 0.717) is 11.9 Å². The first kappa shape index (κ1) is 38.7. The van der Waals surface area contributed by atoms with Gasteiger partial charge in [-0.3, -0.25) is 14.5 Å². The number of hydrogen-bond donors (Lipinski definition) is 1. The minimum Gasteiger partial charge on any atom is -1.00 e. The molecule has 0 aliphatic carbocycles. The Balaban J connectivity index is 0.00000465. The van der Waals surface area contributed by atoms with Crippen LogP contribution >= 0.6 is 30.4 Å². The van der Waals surface area contributed by atoms with Crippen LogP contribution in [-0.2, 0) is 25.5 Å². The van der Waals surface area contributed by atoms with Crippen molar-refractivity contribution in [3.05, 3.63) is 196 Å². The third kappa shape index (κ3) is 7.94. The van der Waals surface area contributed by atoms with Crippen LogP contribution in [-0.4, -0.2) is 46.0 Å². The first-order valence-electron chi connectivity index (χ1n) is 17.9. The number of rotatable bonds is 12. The van der Waals surface area contributed by atoms with E-state index in [4.69, 9.17) is 4.74 Å². The SMILES string of the molecule is O=C(Cc1cccs1)N[C@@H]1C(=O)N2C(C(=O)OC(c3ccccc3)c3ccccc3)=C(C[P+](c3ccccc3)(c3ccccc3)c3ccccc3)CS[C@H]12.[I-]. The second-order valence-corrected chi connectivity index (χ2v) is 18.9. The van der Waals surface area contributed by atoms with Crippen molar-refractivity contribution < 1.29 is 43.1 Å². The number of esters is 1. The van der Waals surface area contributed by atoms with Gasteiger partial charge in [-0.2, -0.15) is 0 Å². The third-order valence-electron chi connectivity index (χ3n) is 9.92. The molecular weight excluding hydrogens is 855 g/mol. The number of amides is 2. The third-order valence-corrected chi connectivity index (χ3v) is 16.5. The molecule has 0 radical (unpaired) electrons. The van der Waals surface area contributed by atoms with E-state index in [9.17, 15) is 14.4 Å². The van der Waals surface area contributed by atoms with Gasteiger partial charge in [-0.25, -0.2) is 4.79 Å². The summed E-state index contributed by atoms with van der Waals surface area (Å²) in [6, 6.07) is 54.0. The van der Waals surface area contributed by atoms with Gasteiger partial charge >= 0.3 is 5.97 Å². The smallest absolute Gasteiger partial charge is 0.356 e. The fourth-order valence-corrected chi connectivity index (χ4v) is 13.9. The highest BCUT2D eigenvalue weighted by Crippen LogP contribution is 2.58. The van der Waals surface area contributed by atoms with E-state index < -0.39 is 30.8 Å². The second kappa shape index (κ2) is 17.5. The fraction of sp³-hybridized carbons (Fsp3) is 0.133. The molecule has 1 aromatic heterocycles. The standard InChI is InChI=1S/C45H37N2O4PS2.HI/c48-39(29-38-27-16-28-53-38)46-40-43(49)47-41(45(50)51-42(32-17-6-1-7-18-32)33-19-8-2-9-20-33)34(31-54-44(40)47)30-52(35-21-10-3-11-22-35,36-23-12-4-13-24-36)37-25-14-5-15-26-37;/h1-28,40,42,44H,29-31H2;1H/t40-,44-;/m1./s1. The van der Waals surface area contributed by atoms with E-state index in [2.05, 4.69) is 78.1 Å². The molecule has 6 nitrogen and oxygen atoms in total. The number of halogens is 1. The van der Waals surface area contributed by atoms with Crippen molar-refractivity contribution in [2.75, 3.05) is 11.9 Å². The molecule has 55 heavy (non-hydrogen) atoms. The molecule has 0 spiro atoms. The number of ether oxygens (including phenoxy) is 1. The summed E-state index contributed by atoms with van der Waals surface area (Å²) in [5.74, 6) is -0.594. The summed E-state index contributed by atoms with van der Waals surface area (Å²) in [4.78, 5) is 44.9. The number of hydrogen-bond acceptors (Lipinski definition) is 6. The van der Waals surface area contributed by atoms with Crippen LogP contribution in [0.2, 0.25) is 0 Å². The molecule has 2 aliphatic heterocycles. The highest BCUT2D eigenvalue weighted by molar-refractivity contribution is 8.00. The van der Waals surface area contributed by atoms with Crippen LogP contribution in [0.25, 0.3) is 0 Å². The van der Waals surface area contributed by atoms with Gasteiger partial charge in [-0.15, -0.1) is 23.1 Å². The second-order valence-electron chi connectivity index (χ2n) is 13.2. The zero-order chi connectivity index (χ0) is 36.9. The van der Waals surface area contributed by atoms with Crippen LogP contribution in [0, 0.1) is 0 Å². The number of fused-ring (bicyclic) bond motifs is 1. The molecule has 0 saturated carbocycles. The zero-order valence-electron chi connectivity index (χ0n) is 29.7. The summed E-state index contributed by atoms with van der Waals surface area (Å²) in [7, 11) is -2.45. The van der Waals surface area contributed by atoms with E-state index in [1.54, 1.807) is 16.7 Å². The van der Waals surface area contributed by atoms with Crippen molar-refractivity contribution >= 4 is 64.1 Å². The molecule has 2 atom stereocenters. The van der Waals surface area contributed by atoms with Gasteiger partial charge in [0, 0.05) is 16.2 Å². The normalized spacial score (nSPS) is 16.5. The molecule has 1 fully saturated rings. The predicted molar refractivity (Wildman–Crippen MR) is 221 cm³/mol. The van der Waals surface area contributed by atoms with Gasteiger partial charge in [0.05, 0.1) is 12.6 Å². The van der Waals surface area contributed by atoms with Crippen molar-refractivity contribution in [2.24, 2.45) is 0 Å². The van der Waals surface area contributed by atoms with Crippen LogP contribution in [0.1, 0.15) is 22.1 Å². The number of thioether (sulfide) groups is 1. The van der Waals surface area contributed by atoms with Crippen molar-refractivity contribution in [3.63, 3.8) is 0 Å². The van der Waals surface area contributed by atoms with Crippen LogP contribution < -0.4 is 45.2 Å². The van der Waals surface area contributed by atoms with Gasteiger partial charge < -0.3 is 34.0 Å². The van der Waals surface area contributed by atoms with Crippen LogP contribution in [0.4, 0.5) is 0 Å². The van der Waals surface area contributed by atoms with Gasteiger partial charge in [0.15, 0.2) is 6.10 Å². The monoisotopic (exact) mass is 892 g/mol. The molecule has 1 saturated heterocycles. The van der Waals surface area contributed by atoms with Gasteiger partial charge in [0.1, 0.15) is 40.3 Å². The molecule has 6 aromatic rings. The summed E-state index contributed by atoms with van der Waals surface area (Å²) in [5, 5.41) is 8.00. The maximum atomic E-state index is 15.0. The average Bonchev–Trinajstić information content (AvgIpc) is 3.75. The Bertz CT molecular complexity index is 2130. The molecule has 10 heteroatoms. The zero-order valence-corrected chi connectivity index (χ0v) is 34.4. The lowest BCUT2D eigenvalue weighted by molar-refractivity contribution is -0.154.